The predicted octanol–water partition coefficient (Wildman–Crippen LogP) is 2.07. The zero-order chi connectivity index (χ0) is 31.5. The number of benzene rings is 3. The maximum atomic E-state index is 14.2. The van der Waals surface area contributed by atoms with Gasteiger partial charge in [-0.3, -0.25) is 24.0 Å². The fourth-order valence-electron chi connectivity index (χ4n) is 7.43. The number of rotatable bonds is 6. The number of aliphatic hydroxyl groups is 2. The molecule has 3 aromatic carbocycles. The molecule has 0 aliphatic heterocycles. The minimum absolute atomic E-state index is 0.129. The van der Waals surface area contributed by atoms with Gasteiger partial charge in [0.25, 0.3) is 0 Å². The highest BCUT2D eigenvalue weighted by Crippen LogP contribution is 2.54. The molecule has 10 heteroatoms. The summed E-state index contributed by atoms with van der Waals surface area (Å²) in [4.78, 5) is 67.9. The Bertz CT molecular complexity index is 1650. The first-order chi connectivity index (χ1) is 21.0. The fraction of sp³-hybridized carbons (Fsp3) is 0.324. The van der Waals surface area contributed by atoms with Crippen molar-refractivity contribution in [3.05, 3.63) is 95.1 Å². The quantitative estimate of drug-likeness (QED) is 0.311. The van der Waals surface area contributed by atoms with Crippen LogP contribution in [0.15, 0.2) is 72.8 Å². The summed E-state index contributed by atoms with van der Waals surface area (Å²) in [6, 6.07) is 22.5. The minimum Gasteiger partial charge on any atom is -0.505 e. The van der Waals surface area contributed by atoms with E-state index in [-0.39, 0.29) is 11.3 Å². The van der Waals surface area contributed by atoms with E-state index in [9.17, 15) is 39.3 Å². The lowest BCUT2D eigenvalue weighted by Gasteiger charge is -2.52. The number of Topliss-reactive ketones (excluding diaryl/α,β-unsaturated/α-hetero) is 4. The molecular formula is C34H32N2O8. The van der Waals surface area contributed by atoms with Crippen LogP contribution in [0.4, 0.5) is 5.69 Å². The third kappa shape index (κ3) is 4.36. The number of nitrogens with two attached hydrogens (primary N) is 1. The summed E-state index contributed by atoms with van der Waals surface area (Å²) in [6.07, 6.45) is -2.23. The van der Waals surface area contributed by atoms with Crippen LogP contribution in [-0.4, -0.2) is 56.1 Å². The van der Waals surface area contributed by atoms with Crippen LogP contribution in [0, 0.1) is 23.7 Å². The number of aromatic hydroxyl groups is 1. The molecular weight excluding hydrogens is 564 g/mol. The second-order valence-electron chi connectivity index (χ2n) is 12.0. The average Bonchev–Trinajstić information content (AvgIpc) is 3.00. The second kappa shape index (κ2) is 10.8. The molecule has 3 aromatic rings. The van der Waals surface area contributed by atoms with Gasteiger partial charge >= 0.3 is 0 Å². The molecule has 2 unspecified atom stereocenters. The largest absolute Gasteiger partial charge is 0.505 e. The third-order valence-corrected chi connectivity index (χ3v) is 9.61. The topological polar surface area (TPSA) is 175 Å². The normalized spacial score (nSPS) is 29.4. The number of phenols is 1. The van der Waals surface area contributed by atoms with E-state index in [2.05, 4.69) is 0 Å². The Labute approximate surface area is 253 Å². The van der Waals surface area contributed by atoms with Crippen molar-refractivity contribution in [3.8, 4) is 5.75 Å². The van der Waals surface area contributed by atoms with Crippen LogP contribution in [-0.2, 0) is 32.3 Å². The highest BCUT2D eigenvalue weighted by atomic mass is 16.3. The summed E-state index contributed by atoms with van der Waals surface area (Å²) in [5.41, 5.74) is 4.81. The summed E-state index contributed by atoms with van der Waals surface area (Å²) in [5.74, 6) is -13.1. The van der Waals surface area contributed by atoms with Crippen molar-refractivity contribution in [1.29, 1.82) is 0 Å². The zero-order valence-electron chi connectivity index (χ0n) is 23.9. The van der Waals surface area contributed by atoms with Crippen molar-refractivity contribution < 1.29 is 39.3 Å². The Morgan fingerprint density at radius 2 is 1.48 bits per heavy atom. The number of anilines is 1. The van der Waals surface area contributed by atoms with E-state index >= 15 is 0 Å². The number of nitrogens with zero attached hydrogens (tertiary/aromatic N) is 1. The maximum Gasteiger partial charge on any atom is 0.235 e. The molecule has 3 aliphatic rings. The number of carbonyl (C=O) groups is 5. The van der Waals surface area contributed by atoms with Crippen molar-refractivity contribution in [2.45, 2.75) is 44.1 Å². The number of hydrogen-bond donors (Lipinski definition) is 4. The lowest BCUT2D eigenvalue weighted by molar-refractivity contribution is -0.189. The van der Waals surface area contributed by atoms with Gasteiger partial charge in [0.05, 0.1) is 23.3 Å². The lowest BCUT2D eigenvalue weighted by Crippen LogP contribution is -2.72. The molecule has 0 spiro atoms. The first kappa shape index (κ1) is 29.4. The van der Waals surface area contributed by atoms with E-state index in [4.69, 9.17) is 5.73 Å². The number of carbonyl (C=O) groups excluding carboxylic acids is 5. The summed E-state index contributed by atoms with van der Waals surface area (Å²) < 4.78 is 0. The number of ketones is 4. The average molecular weight is 597 g/mol. The Morgan fingerprint density at radius 3 is 2.02 bits per heavy atom. The molecule has 226 valence electrons. The van der Waals surface area contributed by atoms with E-state index in [0.29, 0.717) is 24.3 Å². The van der Waals surface area contributed by atoms with Crippen molar-refractivity contribution in [3.63, 3.8) is 0 Å². The molecule has 1 amide bonds. The molecule has 3 aliphatic carbocycles. The molecule has 6 rings (SSSR count). The van der Waals surface area contributed by atoms with Crippen molar-refractivity contribution in [1.82, 2.24) is 0 Å². The third-order valence-electron chi connectivity index (χ3n) is 9.61. The number of fused-ring (bicyclic) bond motifs is 3. The SMILES string of the molecule is C[C@H]1c2ccc(N(Cc3ccccc3)Cc3ccccc3)c(O)c2C(=O)C2C(=O)[C@]3(O)C(=O)C(C(N)=O)C(=O)C[C@@H]3[C@@H](O)[C@@H]21. The van der Waals surface area contributed by atoms with E-state index < -0.39 is 76.8 Å². The van der Waals surface area contributed by atoms with Gasteiger partial charge in [0.15, 0.2) is 34.7 Å². The summed E-state index contributed by atoms with van der Waals surface area (Å²) >= 11 is 0. The zero-order valence-corrected chi connectivity index (χ0v) is 23.9. The van der Waals surface area contributed by atoms with E-state index in [1.165, 1.54) is 0 Å². The van der Waals surface area contributed by atoms with Crippen molar-refractivity contribution in [2.75, 3.05) is 4.90 Å². The van der Waals surface area contributed by atoms with Gasteiger partial charge in [-0.05, 0) is 28.7 Å². The summed E-state index contributed by atoms with van der Waals surface area (Å²) in [6.45, 7) is 2.45. The molecule has 7 atom stereocenters. The Hall–Kier alpha value is -4.67. The van der Waals surface area contributed by atoms with Crippen LogP contribution in [0.5, 0.6) is 5.75 Å². The van der Waals surface area contributed by atoms with Gasteiger partial charge in [0.2, 0.25) is 5.91 Å². The maximum absolute atomic E-state index is 14.2. The second-order valence-corrected chi connectivity index (χ2v) is 12.0. The van der Waals surface area contributed by atoms with E-state index in [0.717, 1.165) is 11.1 Å². The van der Waals surface area contributed by atoms with Crippen molar-refractivity contribution in [2.24, 2.45) is 29.4 Å². The van der Waals surface area contributed by atoms with Crippen LogP contribution < -0.4 is 10.6 Å². The first-order valence-electron chi connectivity index (χ1n) is 14.5. The van der Waals surface area contributed by atoms with Gasteiger partial charge in [0.1, 0.15) is 5.75 Å². The molecule has 10 nitrogen and oxygen atoms in total. The fourth-order valence-corrected chi connectivity index (χ4v) is 7.43. The standard InChI is InChI=1S/C34H32N2O8/c1-17-20-12-13-22(36(15-18-8-4-2-5-9-18)16-19-10-6-3-7-11-19)29(39)25(20)30(40)27-24(17)28(38)21-14-23(37)26(33(35)43)31(41)34(21,44)32(27)42/h2-13,17,21,24,26-28,38-39,44H,14-16H2,1H3,(H2,35,43)/t17-,21+,24+,26?,27?,28+,34+/m0/s1. The summed E-state index contributed by atoms with van der Waals surface area (Å²) in [5, 5.41) is 34.7. The number of aliphatic hydroxyl groups excluding tert-OH is 1. The number of primary amides is 1. The monoisotopic (exact) mass is 596 g/mol. The smallest absolute Gasteiger partial charge is 0.235 e. The minimum atomic E-state index is -2.96. The molecule has 0 saturated heterocycles. The first-order valence-corrected chi connectivity index (χ1v) is 14.5. The van der Waals surface area contributed by atoms with Crippen molar-refractivity contribution >= 4 is 34.7 Å². The van der Waals surface area contributed by atoms with Gasteiger partial charge in [-0.25, -0.2) is 0 Å². The van der Waals surface area contributed by atoms with Crippen LogP contribution in [0.3, 0.4) is 0 Å². The lowest BCUT2D eigenvalue weighted by atomic mass is 9.50. The molecule has 0 bridgehead atoms. The van der Waals surface area contributed by atoms with Gasteiger partial charge in [0, 0.05) is 31.3 Å². The molecule has 2 fully saturated rings. The number of amides is 1. The molecule has 5 N–H and O–H groups in total. The number of hydrogen-bond acceptors (Lipinski definition) is 9. The van der Waals surface area contributed by atoms with Crippen LogP contribution in [0.25, 0.3) is 0 Å². The van der Waals surface area contributed by atoms with Crippen LogP contribution in [0.1, 0.15) is 46.3 Å². The Morgan fingerprint density at radius 1 is 0.909 bits per heavy atom. The van der Waals surface area contributed by atoms with Crippen LogP contribution >= 0.6 is 0 Å². The molecule has 0 radical (unpaired) electrons. The number of phenolic OH excluding ortho intramolecular Hbond substituents is 1. The van der Waals surface area contributed by atoms with Gasteiger partial charge in [-0.15, -0.1) is 0 Å². The molecule has 44 heavy (non-hydrogen) atoms. The molecule has 0 aromatic heterocycles. The van der Waals surface area contributed by atoms with Gasteiger partial charge < -0.3 is 26.0 Å². The highest BCUT2D eigenvalue weighted by molar-refractivity contribution is 6.31. The predicted molar refractivity (Wildman–Crippen MR) is 157 cm³/mol. The Kier molecular flexibility index (Phi) is 7.22. The van der Waals surface area contributed by atoms with Gasteiger partial charge in [-0.1, -0.05) is 73.7 Å². The van der Waals surface area contributed by atoms with E-state index in [1.54, 1.807) is 19.1 Å². The Balaban J connectivity index is 1.44. The molecule has 0 heterocycles. The molecule has 2 saturated carbocycles. The summed E-state index contributed by atoms with van der Waals surface area (Å²) in [7, 11) is 0. The van der Waals surface area contributed by atoms with E-state index in [1.807, 2.05) is 65.6 Å². The van der Waals surface area contributed by atoms with Crippen LogP contribution in [0.2, 0.25) is 0 Å². The highest BCUT2D eigenvalue weighted by Gasteiger charge is 2.69. The van der Waals surface area contributed by atoms with Gasteiger partial charge in [-0.2, -0.15) is 0 Å².